The van der Waals surface area contributed by atoms with Gasteiger partial charge in [-0.15, -0.1) is 0 Å². The van der Waals surface area contributed by atoms with Gasteiger partial charge in [0.25, 0.3) is 5.91 Å². The number of rotatable bonds is 4. The lowest BCUT2D eigenvalue weighted by atomic mass is 10.2. The fourth-order valence-electron chi connectivity index (χ4n) is 1.81. The molecule has 0 saturated heterocycles. The van der Waals surface area contributed by atoms with Gasteiger partial charge in [0.05, 0.1) is 5.56 Å². The number of amides is 1. The van der Waals surface area contributed by atoms with Gasteiger partial charge < -0.3 is 4.57 Å². The minimum Gasteiger partial charge on any atom is -0.317 e. The Morgan fingerprint density at radius 2 is 2.15 bits per heavy atom. The Labute approximate surface area is 115 Å². The van der Waals surface area contributed by atoms with Crippen LogP contribution in [0.5, 0.6) is 0 Å². The Morgan fingerprint density at radius 1 is 1.40 bits per heavy atom. The molecule has 106 valence electrons. The van der Waals surface area contributed by atoms with Crippen LogP contribution in [-0.2, 0) is 6.54 Å². The lowest BCUT2D eigenvalue weighted by molar-refractivity contribution is 0.102. The Morgan fingerprint density at radius 3 is 2.85 bits per heavy atom. The number of imidazole rings is 1. The first-order chi connectivity index (χ1) is 9.47. The molecule has 1 aromatic heterocycles. The van der Waals surface area contributed by atoms with Gasteiger partial charge in [-0.05, 0) is 24.1 Å². The summed E-state index contributed by atoms with van der Waals surface area (Å²) in [6.45, 7) is 4.72. The minimum atomic E-state index is -0.772. The lowest BCUT2D eigenvalue weighted by Crippen LogP contribution is -2.18. The standard InChI is InChI=1S/C14H15F2N3O/c1-9(2)8-19-6-5-17-14(19)18-13(20)11-7-10(15)3-4-12(11)16/h3-7,9H,8H2,1-2H3,(H,17,18,20). The molecule has 0 spiro atoms. The van der Waals surface area contributed by atoms with Gasteiger partial charge in [0.1, 0.15) is 11.6 Å². The van der Waals surface area contributed by atoms with Gasteiger partial charge in [-0.25, -0.2) is 13.8 Å². The van der Waals surface area contributed by atoms with Crippen LogP contribution < -0.4 is 5.32 Å². The average molecular weight is 279 g/mol. The highest BCUT2D eigenvalue weighted by atomic mass is 19.1. The molecule has 6 heteroatoms. The second kappa shape index (κ2) is 5.81. The van der Waals surface area contributed by atoms with E-state index in [1.165, 1.54) is 0 Å². The predicted octanol–water partition coefficient (Wildman–Crippen LogP) is 3.07. The number of aromatic nitrogens is 2. The van der Waals surface area contributed by atoms with Crippen molar-refractivity contribution in [1.29, 1.82) is 0 Å². The Kier molecular flexibility index (Phi) is 4.12. The first-order valence-electron chi connectivity index (χ1n) is 6.25. The number of halogens is 2. The summed E-state index contributed by atoms with van der Waals surface area (Å²) in [5, 5.41) is 2.49. The van der Waals surface area contributed by atoms with E-state index in [1.54, 1.807) is 17.0 Å². The number of nitrogens with one attached hydrogen (secondary N) is 1. The van der Waals surface area contributed by atoms with Crippen molar-refractivity contribution in [3.05, 3.63) is 47.8 Å². The largest absolute Gasteiger partial charge is 0.317 e. The Balaban J connectivity index is 2.20. The number of hydrogen-bond acceptors (Lipinski definition) is 2. The molecule has 0 unspecified atom stereocenters. The highest BCUT2D eigenvalue weighted by Gasteiger charge is 2.15. The van der Waals surface area contributed by atoms with Gasteiger partial charge in [0, 0.05) is 18.9 Å². The van der Waals surface area contributed by atoms with Crippen LogP contribution in [0.2, 0.25) is 0 Å². The second-order valence-electron chi connectivity index (χ2n) is 4.88. The van der Waals surface area contributed by atoms with E-state index in [2.05, 4.69) is 10.3 Å². The molecule has 0 aliphatic rings. The summed E-state index contributed by atoms with van der Waals surface area (Å²) >= 11 is 0. The van der Waals surface area contributed by atoms with Gasteiger partial charge in [-0.1, -0.05) is 13.8 Å². The number of anilines is 1. The van der Waals surface area contributed by atoms with Crippen molar-refractivity contribution < 1.29 is 13.6 Å². The van der Waals surface area contributed by atoms with Crippen molar-refractivity contribution in [1.82, 2.24) is 9.55 Å². The van der Waals surface area contributed by atoms with Gasteiger partial charge in [0.15, 0.2) is 0 Å². The number of carbonyl (C=O) groups excluding carboxylic acids is 1. The van der Waals surface area contributed by atoms with Crippen LogP contribution in [0.3, 0.4) is 0 Å². The van der Waals surface area contributed by atoms with Crippen LogP contribution in [-0.4, -0.2) is 15.5 Å². The van der Waals surface area contributed by atoms with Crippen LogP contribution in [0.1, 0.15) is 24.2 Å². The molecule has 1 heterocycles. The van der Waals surface area contributed by atoms with E-state index < -0.39 is 17.5 Å². The molecule has 1 amide bonds. The van der Waals surface area contributed by atoms with E-state index in [4.69, 9.17) is 0 Å². The third-order valence-corrected chi connectivity index (χ3v) is 2.68. The van der Waals surface area contributed by atoms with E-state index >= 15 is 0 Å². The quantitative estimate of drug-likeness (QED) is 0.935. The second-order valence-corrected chi connectivity index (χ2v) is 4.88. The first-order valence-corrected chi connectivity index (χ1v) is 6.25. The van der Waals surface area contributed by atoms with Gasteiger partial charge in [0.2, 0.25) is 5.95 Å². The molecule has 2 aromatic rings. The SMILES string of the molecule is CC(C)Cn1ccnc1NC(=O)c1cc(F)ccc1F. The summed E-state index contributed by atoms with van der Waals surface area (Å²) in [7, 11) is 0. The molecule has 2 rings (SSSR count). The normalized spacial score (nSPS) is 10.8. The molecular formula is C14H15F2N3O. The predicted molar refractivity (Wildman–Crippen MR) is 71.4 cm³/mol. The van der Waals surface area contributed by atoms with Gasteiger partial charge in [-0.3, -0.25) is 10.1 Å². The summed E-state index contributed by atoms with van der Waals surface area (Å²) in [4.78, 5) is 16.0. The highest BCUT2D eigenvalue weighted by Crippen LogP contribution is 2.13. The number of benzene rings is 1. The molecule has 0 radical (unpaired) electrons. The molecule has 0 fully saturated rings. The zero-order valence-corrected chi connectivity index (χ0v) is 11.2. The molecule has 20 heavy (non-hydrogen) atoms. The number of carbonyl (C=O) groups is 1. The third kappa shape index (κ3) is 3.20. The maximum atomic E-state index is 13.5. The average Bonchev–Trinajstić information content (AvgIpc) is 2.78. The zero-order chi connectivity index (χ0) is 14.7. The van der Waals surface area contributed by atoms with E-state index in [0.717, 1.165) is 18.2 Å². The molecule has 4 nitrogen and oxygen atoms in total. The summed E-state index contributed by atoms with van der Waals surface area (Å²) in [6, 6.07) is 2.75. The summed E-state index contributed by atoms with van der Waals surface area (Å²) in [6.07, 6.45) is 3.26. The monoisotopic (exact) mass is 279 g/mol. The zero-order valence-electron chi connectivity index (χ0n) is 11.2. The van der Waals surface area contributed by atoms with Crippen LogP contribution in [0.25, 0.3) is 0 Å². The van der Waals surface area contributed by atoms with Crippen molar-refractivity contribution in [2.75, 3.05) is 5.32 Å². The molecule has 1 aromatic carbocycles. The maximum Gasteiger partial charge on any atom is 0.261 e. The van der Waals surface area contributed by atoms with Crippen molar-refractivity contribution in [3.63, 3.8) is 0 Å². The van der Waals surface area contributed by atoms with Crippen molar-refractivity contribution in [2.24, 2.45) is 5.92 Å². The summed E-state index contributed by atoms with van der Waals surface area (Å²) < 4.78 is 28.3. The smallest absolute Gasteiger partial charge is 0.261 e. The summed E-state index contributed by atoms with van der Waals surface area (Å²) in [5.74, 6) is -1.48. The fraction of sp³-hybridized carbons (Fsp3) is 0.286. The van der Waals surface area contributed by atoms with Crippen LogP contribution >= 0.6 is 0 Å². The number of nitrogens with zero attached hydrogens (tertiary/aromatic N) is 2. The van der Waals surface area contributed by atoms with Crippen molar-refractivity contribution >= 4 is 11.9 Å². The Bertz CT molecular complexity index is 623. The minimum absolute atomic E-state index is 0.312. The van der Waals surface area contributed by atoms with Gasteiger partial charge >= 0.3 is 0 Å². The van der Waals surface area contributed by atoms with Crippen LogP contribution in [0, 0.1) is 17.6 Å². The molecule has 0 atom stereocenters. The Hall–Kier alpha value is -2.24. The van der Waals surface area contributed by atoms with Crippen LogP contribution in [0.4, 0.5) is 14.7 Å². The third-order valence-electron chi connectivity index (χ3n) is 2.68. The molecule has 0 bridgehead atoms. The van der Waals surface area contributed by atoms with Crippen LogP contribution in [0.15, 0.2) is 30.6 Å². The fourth-order valence-corrected chi connectivity index (χ4v) is 1.81. The van der Waals surface area contributed by atoms with E-state index in [1.807, 2.05) is 13.8 Å². The molecule has 1 N–H and O–H groups in total. The topological polar surface area (TPSA) is 46.9 Å². The van der Waals surface area contributed by atoms with E-state index in [0.29, 0.717) is 18.4 Å². The van der Waals surface area contributed by atoms with Gasteiger partial charge in [-0.2, -0.15) is 0 Å². The molecule has 0 aliphatic carbocycles. The lowest BCUT2D eigenvalue weighted by Gasteiger charge is -2.11. The molecule has 0 saturated carbocycles. The summed E-state index contributed by atoms with van der Waals surface area (Å²) in [5.41, 5.74) is -0.343. The molecule has 0 aliphatic heterocycles. The van der Waals surface area contributed by atoms with E-state index in [9.17, 15) is 13.6 Å². The molecular weight excluding hydrogens is 264 g/mol. The first kappa shape index (κ1) is 14.2. The van der Waals surface area contributed by atoms with E-state index in [-0.39, 0.29) is 5.56 Å². The van der Waals surface area contributed by atoms with Crippen molar-refractivity contribution in [2.45, 2.75) is 20.4 Å². The van der Waals surface area contributed by atoms with Crippen molar-refractivity contribution in [3.8, 4) is 0 Å². The highest BCUT2D eigenvalue weighted by molar-refractivity contribution is 6.03. The number of hydrogen-bond donors (Lipinski definition) is 1. The maximum absolute atomic E-state index is 13.5.